The molecule has 0 aliphatic carbocycles. The predicted molar refractivity (Wildman–Crippen MR) is 52.5 cm³/mol. The Bertz CT molecular complexity index is 417. The summed E-state index contributed by atoms with van der Waals surface area (Å²) in [6.45, 7) is 1.75. The lowest BCUT2D eigenvalue weighted by molar-refractivity contribution is 0.607. The van der Waals surface area contributed by atoms with Crippen molar-refractivity contribution in [3.8, 4) is 0 Å². The molecule has 1 N–H and O–H groups in total. The summed E-state index contributed by atoms with van der Waals surface area (Å²) in [6, 6.07) is 1.47. The molecule has 0 aliphatic heterocycles. The van der Waals surface area contributed by atoms with E-state index in [0.717, 1.165) is 11.8 Å². The van der Waals surface area contributed by atoms with E-state index >= 15 is 0 Å². The van der Waals surface area contributed by atoms with Crippen LogP contribution in [0.4, 0.5) is 5.69 Å². The summed E-state index contributed by atoms with van der Waals surface area (Å²) >= 11 is 5.60. The summed E-state index contributed by atoms with van der Waals surface area (Å²) in [5.74, 6) is 0. The van der Waals surface area contributed by atoms with Gasteiger partial charge in [0.15, 0.2) is 0 Å². The fourth-order valence-corrected chi connectivity index (χ4v) is 1.59. The largest absolute Gasteiger partial charge is 0.283 e. The van der Waals surface area contributed by atoms with Crippen molar-refractivity contribution in [1.82, 2.24) is 4.98 Å². The van der Waals surface area contributed by atoms with Crippen molar-refractivity contribution in [3.05, 3.63) is 23.0 Å². The Balaban J connectivity index is 3.08. The molecule has 0 fully saturated rings. The van der Waals surface area contributed by atoms with Crippen molar-refractivity contribution < 1.29 is 8.42 Å². The van der Waals surface area contributed by atoms with Gasteiger partial charge in [0.05, 0.1) is 11.9 Å². The van der Waals surface area contributed by atoms with Crippen LogP contribution in [0.25, 0.3) is 0 Å². The molecule has 1 aromatic rings. The quantitative estimate of drug-likeness (QED) is 0.767. The van der Waals surface area contributed by atoms with E-state index < -0.39 is 10.0 Å². The zero-order valence-corrected chi connectivity index (χ0v) is 8.78. The molecule has 0 aliphatic rings. The molecule has 0 aromatic carbocycles. The number of hydrogen-bond acceptors (Lipinski definition) is 3. The molecule has 1 heterocycles. The average molecular weight is 221 g/mol. The van der Waals surface area contributed by atoms with Gasteiger partial charge in [-0.3, -0.25) is 4.72 Å². The van der Waals surface area contributed by atoms with Gasteiger partial charge in [-0.2, -0.15) is 0 Å². The van der Waals surface area contributed by atoms with E-state index in [2.05, 4.69) is 9.71 Å². The molecule has 0 spiro atoms. The summed E-state index contributed by atoms with van der Waals surface area (Å²) in [4.78, 5) is 3.80. The van der Waals surface area contributed by atoms with Gasteiger partial charge in [0.1, 0.15) is 5.15 Å². The van der Waals surface area contributed by atoms with Crippen molar-refractivity contribution in [2.45, 2.75) is 6.92 Å². The molecule has 0 saturated heterocycles. The number of sulfonamides is 1. The maximum Gasteiger partial charge on any atom is 0.229 e. The third-order valence-electron chi connectivity index (χ3n) is 1.37. The lowest BCUT2D eigenvalue weighted by Crippen LogP contribution is -2.10. The Hall–Kier alpha value is -0.810. The number of pyridine rings is 1. The van der Waals surface area contributed by atoms with Gasteiger partial charge in [-0.25, -0.2) is 13.4 Å². The molecule has 0 radical (unpaired) electrons. The van der Waals surface area contributed by atoms with Gasteiger partial charge in [-0.05, 0) is 18.6 Å². The highest BCUT2D eigenvalue weighted by atomic mass is 35.5. The second kappa shape index (κ2) is 3.51. The summed E-state index contributed by atoms with van der Waals surface area (Å²) in [6.07, 6.45) is 2.59. The van der Waals surface area contributed by atoms with Crippen LogP contribution in [-0.4, -0.2) is 19.7 Å². The third-order valence-corrected chi connectivity index (χ3v) is 2.16. The van der Waals surface area contributed by atoms with Crippen LogP contribution in [0.5, 0.6) is 0 Å². The van der Waals surface area contributed by atoms with E-state index in [9.17, 15) is 8.42 Å². The van der Waals surface area contributed by atoms with Crippen molar-refractivity contribution in [1.29, 1.82) is 0 Å². The molecule has 0 amide bonds. The fourth-order valence-electron chi connectivity index (χ4n) is 0.808. The number of rotatable bonds is 2. The minimum atomic E-state index is -3.25. The number of nitrogens with zero attached hydrogens (tertiary/aromatic N) is 1. The lowest BCUT2D eigenvalue weighted by Gasteiger charge is -2.06. The van der Waals surface area contributed by atoms with E-state index in [0.29, 0.717) is 5.69 Å². The van der Waals surface area contributed by atoms with Crippen LogP contribution < -0.4 is 4.72 Å². The van der Waals surface area contributed by atoms with Crippen LogP contribution in [0.2, 0.25) is 5.15 Å². The molecule has 0 unspecified atom stereocenters. The Kier molecular flexibility index (Phi) is 2.77. The topological polar surface area (TPSA) is 59.1 Å². The maximum absolute atomic E-state index is 10.9. The number of nitrogens with one attached hydrogen (secondary N) is 1. The Morgan fingerprint density at radius 3 is 2.69 bits per heavy atom. The van der Waals surface area contributed by atoms with Crippen LogP contribution in [0.3, 0.4) is 0 Å². The lowest BCUT2D eigenvalue weighted by atomic mass is 10.3. The number of halogens is 1. The van der Waals surface area contributed by atoms with Crippen molar-refractivity contribution >= 4 is 27.3 Å². The van der Waals surface area contributed by atoms with E-state index in [4.69, 9.17) is 11.6 Å². The van der Waals surface area contributed by atoms with E-state index in [1.807, 2.05) is 0 Å². The number of aryl methyl sites for hydroxylation is 1. The molecule has 4 nitrogen and oxygen atoms in total. The molecule has 72 valence electrons. The first-order chi connectivity index (χ1) is 5.88. The van der Waals surface area contributed by atoms with E-state index in [1.165, 1.54) is 12.3 Å². The van der Waals surface area contributed by atoms with Crippen molar-refractivity contribution in [2.24, 2.45) is 0 Å². The minimum absolute atomic E-state index is 0.261. The zero-order chi connectivity index (χ0) is 10.1. The number of aromatic nitrogens is 1. The molecule has 13 heavy (non-hydrogen) atoms. The summed E-state index contributed by atoms with van der Waals surface area (Å²) in [5, 5.41) is 0.261. The second-order valence-corrected chi connectivity index (χ2v) is 4.83. The average Bonchev–Trinajstić information content (AvgIpc) is 1.94. The first-order valence-electron chi connectivity index (χ1n) is 3.48. The highest BCUT2D eigenvalue weighted by molar-refractivity contribution is 7.92. The van der Waals surface area contributed by atoms with Gasteiger partial charge in [-0.15, -0.1) is 0 Å². The standard InChI is InChI=1S/C7H9ClN2O2S/c1-5-4-9-7(8)3-6(5)10-13(2,11)12/h3-4H,1-2H3,(H,9,10). The second-order valence-electron chi connectivity index (χ2n) is 2.70. The van der Waals surface area contributed by atoms with E-state index in [-0.39, 0.29) is 5.15 Å². The minimum Gasteiger partial charge on any atom is -0.283 e. The van der Waals surface area contributed by atoms with Gasteiger partial charge in [-0.1, -0.05) is 11.6 Å². The van der Waals surface area contributed by atoms with Crippen molar-refractivity contribution in [2.75, 3.05) is 11.0 Å². The van der Waals surface area contributed by atoms with Gasteiger partial charge in [0.25, 0.3) is 0 Å². The molecule has 0 atom stereocenters. The highest BCUT2D eigenvalue weighted by Gasteiger charge is 2.05. The first-order valence-corrected chi connectivity index (χ1v) is 5.75. The summed E-state index contributed by atoms with van der Waals surface area (Å²) < 4.78 is 24.1. The SMILES string of the molecule is Cc1cnc(Cl)cc1NS(C)(=O)=O. The molecular weight excluding hydrogens is 212 g/mol. The van der Waals surface area contributed by atoms with Gasteiger partial charge < -0.3 is 0 Å². The van der Waals surface area contributed by atoms with Crippen molar-refractivity contribution in [3.63, 3.8) is 0 Å². The van der Waals surface area contributed by atoms with Crippen LogP contribution in [-0.2, 0) is 10.0 Å². The van der Waals surface area contributed by atoms with Gasteiger partial charge in [0.2, 0.25) is 10.0 Å². The number of hydrogen-bond donors (Lipinski definition) is 1. The Labute approximate surface area is 82.0 Å². The normalized spacial score (nSPS) is 11.3. The fraction of sp³-hybridized carbons (Fsp3) is 0.286. The summed E-state index contributed by atoms with van der Waals surface area (Å²) in [5.41, 5.74) is 1.19. The van der Waals surface area contributed by atoms with Crippen LogP contribution in [0, 0.1) is 6.92 Å². The maximum atomic E-state index is 10.9. The highest BCUT2D eigenvalue weighted by Crippen LogP contribution is 2.18. The molecular formula is C7H9ClN2O2S. The molecule has 0 saturated carbocycles. The summed E-state index contributed by atoms with van der Waals surface area (Å²) in [7, 11) is -3.25. The predicted octanol–water partition coefficient (Wildman–Crippen LogP) is 1.41. The van der Waals surface area contributed by atoms with Crippen LogP contribution >= 0.6 is 11.6 Å². The smallest absolute Gasteiger partial charge is 0.229 e. The zero-order valence-electron chi connectivity index (χ0n) is 7.20. The Morgan fingerprint density at radius 1 is 1.54 bits per heavy atom. The molecule has 1 rings (SSSR count). The molecule has 6 heteroatoms. The van der Waals surface area contributed by atoms with Gasteiger partial charge >= 0.3 is 0 Å². The van der Waals surface area contributed by atoms with Gasteiger partial charge in [0, 0.05) is 6.20 Å². The Morgan fingerprint density at radius 2 is 2.15 bits per heavy atom. The monoisotopic (exact) mass is 220 g/mol. The first kappa shape index (κ1) is 10.3. The molecule has 1 aromatic heterocycles. The van der Waals surface area contributed by atoms with Crippen LogP contribution in [0.1, 0.15) is 5.56 Å². The van der Waals surface area contributed by atoms with Crippen LogP contribution in [0.15, 0.2) is 12.3 Å². The third kappa shape index (κ3) is 3.20. The molecule has 0 bridgehead atoms. The van der Waals surface area contributed by atoms with E-state index in [1.54, 1.807) is 6.92 Å². The number of anilines is 1.